The van der Waals surface area contributed by atoms with Crippen molar-refractivity contribution in [3.8, 4) is 0 Å². The van der Waals surface area contributed by atoms with Gasteiger partial charge in [0.15, 0.2) is 0 Å². The monoisotopic (exact) mass is 265 g/mol. The molecule has 1 fully saturated rings. The molecule has 104 valence electrons. The van der Waals surface area contributed by atoms with Crippen molar-refractivity contribution in [1.82, 2.24) is 14.7 Å². The molecule has 1 aromatic rings. The van der Waals surface area contributed by atoms with Crippen molar-refractivity contribution in [3.05, 3.63) is 17.5 Å². The highest BCUT2D eigenvalue weighted by Gasteiger charge is 2.36. The van der Waals surface area contributed by atoms with E-state index < -0.39 is 6.04 Å². The third-order valence-corrected chi connectivity index (χ3v) is 3.50. The van der Waals surface area contributed by atoms with Gasteiger partial charge in [-0.3, -0.25) is 9.48 Å². The first-order valence-electron chi connectivity index (χ1n) is 6.50. The van der Waals surface area contributed by atoms with E-state index in [1.165, 1.54) is 7.11 Å². The molecule has 0 N–H and O–H groups in total. The maximum absolute atomic E-state index is 12.5. The number of esters is 1. The number of amides is 1. The summed E-state index contributed by atoms with van der Waals surface area (Å²) >= 11 is 0. The lowest BCUT2D eigenvalue weighted by Gasteiger charge is -2.22. The minimum atomic E-state index is -0.461. The molecule has 0 aliphatic carbocycles. The van der Waals surface area contributed by atoms with Gasteiger partial charge >= 0.3 is 5.97 Å². The summed E-state index contributed by atoms with van der Waals surface area (Å²) in [6.45, 7) is 2.58. The Kier molecular flexibility index (Phi) is 3.87. The zero-order valence-electron chi connectivity index (χ0n) is 11.5. The molecule has 2 heterocycles. The third kappa shape index (κ3) is 2.47. The van der Waals surface area contributed by atoms with Gasteiger partial charge in [0.2, 0.25) is 0 Å². The van der Waals surface area contributed by atoms with Crippen LogP contribution in [-0.4, -0.2) is 46.3 Å². The van der Waals surface area contributed by atoms with Gasteiger partial charge in [-0.15, -0.1) is 0 Å². The van der Waals surface area contributed by atoms with Gasteiger partial charge in [0.25, 0.3) is 5.91 Å². The Morgan fingerprint density at radius 1 is 1.53 bits per heavy atom. The molecule has 0 spiro atoms. The molecule has 1 unspecified atom stereocenters. The highest BCUT2D eigenvalue weighted by molar-refractivity contribution is 5.95. The predicted molar refractivity (Wildman–Crippen MR) is 68.7 cm³/mol. The summed E-state index contributed by atoms with van der Waals surface area (Å²) in [5.74, 6) is -0.494. The van der Waals surface area contributed by atoms with E-state index in [-0.39, 0.29) is 11.9 Å². The number of rotatable bonds is 3. The number of carbonyl (C=O) groups excluding carboxylic acids is 2. The van der Waals surface area contributed by atoms with Gasteiger partial charge in [-0.05, 0) is 25.3 Å². The zero-order valence-corrected chi connectivity index (χ0v) is 11.5. The Morgan fingerprint density at radius 2 is 2.26 bits per heavy atom. The molecule has 6 nitrogen and oxygen atoms in total. The van der Waals surface area contributed by atoms with Gasteiger partial charge in [0, 0.05) is 13.6 Å². The standard InChI is InChI=1S/C13H19N3O3/c1-4-9-8-11(15(2)14-9)12(17)16-7-5-6-10(16)13(18)19-3/h8,10H,4-7H2,1-3H3. The van der Waals surface area contributed by atoms with Crippen LogP contribution in [0.2, 0.25) is 0 Å². The number of likely N-dealkylation sites (tertiary alicyclic amines) is 1. The van der Waals surface area contributed by atoms with Crippen molar-refractivity contribution in [1.29, 1.82) is 0 Å². The number of methoxy groups -OCH3 is 1. The summed E-state index contributed by atoms with van der Waals surface area (Å²) < 4.78 is 6.33. The quantitative estimate of drug-likeness (QED) is 0.757. The lowest BCUT2D eigenvalue weighted by atomic mass is 10.2. The van der Waals surface area contributed by atoms with Crippen LogP contribution >= 0.6 is 0 Å². The highest BCUT2D eigenvalue weighted by Crippen LogP contribution is 2.21. The second kappa shape index (κ2) is 5.42. The Balaban J connectivity index is 2.22. The highest BCUT2D eigenvalue weighted by atomic mass is 16.5. The van der Waals surface area contributed by atoms with Crippen molar-refractivity contribution >= 4 is 11.9 Å². The molecule has 0 aromatic carbocycles. The fourth-order valence-electron chi connectivity index (χ4n) is 2.44. The first kappa shape index (κ1) is 13.6. The Hall–Kier alpha value is -1.85. The summed E-state index contributed by atoms with van der Waals surface area (Å²) in [6, 6.07) is 1.33. The van der Waals surface area contributed by atoms with Crippen molar-refractivity contribution in [2.24, 2.45) is 7.05 Å². The maximum Gasteiger partial charge on any atom is 0.328 e. The van der Waals surface area contributed by atoms with Crippen molar-refractivity contribution in [2.45, 2.75) is 32.2 Å². The van der Waals surface area contributed by atoms with Gasteiger partial charge in [-0.1, -0.05) is 6.92 Å². The average Bonchev–Trinajstić information content (AvgIpc) is 3.03. The molecule has 0 bridgehead atoms. The van der Waals surface area contributed by atoms with Gasteiger partial charge in [-0.2, -0.15) is 5.10 Å². The number of ether oxygens (including phenoxy) is 1. The predicted octanol–water partition coefficient (Wildman–Crippen LogP) is 0.760. The molecule has 1 atom stereocenters. The summed E-state index contributed by atoms with van der Waals surface area (Å²) in [6.07, 6.45) is 2.27. The molecule has 1 saturated heterocycles. The first-order chi connectivity index (χ1) is 9.08. The van der Waals surface area contributed by atoms with Crippen molar-refractivity contribution < 1.29 is 14.3 Å². The summed E-state index contributed by atoms with van der Waals surface area (Å²) in [5, 5.41) is 4.26. The Morgan fingerprint density at radius 3 is 2.84 bits per heavy atom. The van der Waals surface area contributed by atoms with E-state index in [9.17, 15) is 9.59 Å². The molecular formula is C13H19N3O3. The van der Waals surface area contributed by atoms with Crippen LogP contribution < -0.4 is 0 Å². The van der Waals surface area contributed by atoms with Gasteiger partial charge in [0.05, 0.1) is 12.8 Å². The molecule has 1 aliphatic rings. The van der Waals surface area contributed by atoms with Crippen LogP contribution in [0.4, 0.5) is 0 Å². The topological polar surface area (TPSA) is 64.4 Å². The Labute approximate surface area is 112 Å². The van der Waals surface area contributed by atoms with Crippen LogP contribution in [0.5, 0.6) is 0 Å². The van der Waals surface area contributed by atoms with Crippen LogP contribution in [0.3, 0.4) is 0 Å². The van der Waals surface area contributed by atoms with Crippen molar-refractivity contribution in [2.75, 3.05) is 13.7 Å². The van der Waals surface area contributed by atoms with Crippen LogP contribution in [0.1, 0.15) is 35.9 Å². The summed E-state index contributed by atoms with van der Waals surface area (Å²) in [5.41, 5.74) is 1.40. The molecule has 2 rings (SSSR count). The third-order valence-electron chi connectivity index (χ3n) is 3.50. The van der Waals surface area contributed by atoms with E-state index in [1.807, 2.05) is 6.92 Å². The maximum atomic E-state index is 12.5. The fraction of sp³-hybridized carbons (Fsp3) is 0.615. The van der Waals surface area contributed by atoms with E-state index in [4.69, 9.17) is 4.74 Å². The molecule has 6 heteroatoms. The second-order valence-electron chi connectivity index (χ2n) is 4.68. The van der Waals surface area contributed by atoms with E-state index in [0.29, 0.717) is 18.7 Å². The largest absolute Gasteiger partial charge is 0.467 e. The normalized spacial score (nSPS) is 18.7. The Bertz CT molecular complexity index is 495. The smallest absolute Gasteiger partial charge is 0.328 e. The minimum absolute atomic E-state index is 0.150. The van der Waals surface area contributed by atoms with E-state index in [1.54, 1.807) is 22.7 Å². The molecular weight excluding hydrogens is 246 g/mol. The lowest BCUT2D eigenvalue weighted by Crippen LogP contribution is -2.41. The molecule has 0 radical (unpaired) electrons. The van der Waals surface area contributed by atoms with Crippen LogP contribution in [0.25, 0.3) is 0 Å². The number of aromatic nitrogens is 2. The molecule has 0 saturated carbocycles. The van der Waals surface area contributed by atoms with E-state index in [0.717, 1.165) is 18.5 Å². The zero-order chi connectivity index (χ0) is 14.0. The van der Waals surface area contributed by atoms with Gasteiger partial charge < -0.3 is 9.64 Å². The molecule has 1 aromatic heterocycles. The number of aryl methyl sites for hydroxylation is 2. The fourth-order valence-corrected chi connectivity index (χ4v) is 2.44. The van der Waals surface area contributed by atoms with E-state index in [2.05, 4.69) is 5.10 Å². The first-order valence-corrected chi connectivity index (χ1v) is 6.50. The van der Waals surface area contributed by atoms with Gasteiger partial charge in [-0.25, -0.2) is 4.79 Å². The average molecular weight is 265 g/mol. The van der Waals surface area contributed by atoms with Crippen LogP contribution in [-0.2, 0) is 23.0 Å². The minimum Gasteiger partial charge on any atom is -0.467 e. The number of hydrogen-bond acceptors (Lipinski definition) is 4. The van der Waals surface area contributed by atoms with E-state index >= 15 is 0 Å². The molecule has 1 amide bonds. The van der Waals surface area contributed by atoms with Gasteiger partial charge in [0.1, 0.15) is 11.7 Å². The number of hydrogen-bond donors (Lipinski definition) is 0. The SMILES string of the molecule is CCc1cc(C(=O)N2CCCC2C(=O)OC)n(C)n1. The second-order valence-corrected chi connectivity index (χ2v) is 4.68. The molecule has 19 heavy (non-hydrogen) atoms. The summed E-state index contributed by atoms with van der Waals surface area (Å²) in [4.78, 5) is 25.7. The number of nitrogens with zero attached hydrogens (tertiary/aromatic N) is 3. The molecule has 1 aliphatic heterocycles. The van der Waals surface area contributed by atoms with Crippen LogP contribution in [0, 0.1) is 0 Å². The summed E-state index contributed by atoms with van der Waals surface area (Å²) in [7, 11) is 3.10. The van der Waals surface area contributed by atoms with Crippen LogP contribution in [0.15, 0.2) is 6.07 Å². The lowest BCUT2D eigenvalue weighted by molar-refractivity contribution is -0.145. The van der Waals surface area contributed by atoms with Crippen molar-refractivity contribution in [3.63, 3.8) is 0 Å². The number of carbonyl (C=O) groups is 2.